The molecule has 0 amide bonds. The predicted molar refractivity (Wildman–Crippen MR) is 88.1 cm³/mol. The molecule has 0 N–H and O–H groups in total. The summed E-state index contributed by atoms with van der Waals surface area (Å²) in [7, 11) is 0. The Morgan fingerprint density at radius 2 is 0.524 bits per heavy atom. The summed E-state index contributed by atoms with van der Waals surface area (Å²) in [6.45, 7) is 0. The predicted octanol–water partition coefficient (Wildman–Crippen LogP) is 5.80. The third kappa shape index (κ3) is 2.06. The molecule has 0 saturated heterocycles. The van der Waals surface area contributed by atoms with Crippen molar-refractivity contribution >= 4 is 0 Å². The van der Waals surface area contributed by atoms with Gasteiger partial charge in [-0.05, 0) is 0 Å². The molecule has 0 aromatic rings. The van der Waals surface area contributed by atoms with Crippen LogP contribution in [0, 0.1) is 0 Å². The van der Waals surface area contributed by atoms with Crippen LogP contribution < -0.4 is 0 Å². The van der Waals surface area contributed by atoms with Gasteiger partial charge in [0.25, 0.3) is 0 Å². The first-order valence-electron chi connectivity index (χ1n) is 7.82. The average molecular weight is 352 g/mol. The van der Waals surface area contributed by atoms with Crippen molar-refractivity contribution in [3.8, 4) is 0 Å². The van der Waals surface area contributed by atoms with Crippen LogP contribution in [0.25, 0.3) is 0 Å². The molecule has 0 aromatic carbocycles. The van der Waals surface area contributed by atoms with E-state index in [4.69, 9.17) is 0 Å². The minimum atomic E-state index is -2.72. The second-order valence-corrected chi connectivity index (χ2v) is 17.7. The van der Waals surface area contributed by atoms with Gasteiger partial charge in [0.15, 0.2) is 0 Å². The van der Waals surface area contributed by atoms with Gasteiger partial charge in [-0.15, -0.1) is 0 Å². The van der Waals surface area contributed by atoms with E-state index in [9.17, 15) is 0 Å². The van der Waals surface area contributed by atoms with Gasteiger partial charge < -0.3 is 0 Å². The molecule has 0 bridgehead atoms. The number of hydrogen-bond acceptors (Lipinski definition) is 0. The maximum atomic E-state index is 2.47. The van der Waals surface area contributed by atoms with Crippen LogP contribution in [0.5, 0.6) is 0 Å². The fourth-order valence-corrected chi connectivity index (χ4v) is 19.7. The summed E-state index contributed by atoms with van der Waals surface area (Å²) >= 11 is -2.72. The monoisotopic (exact) mass is 350 g/mol. The summed E-state index contributed by atoms with van der Waals surface area (Å²) in [6.07, 6.45) is 37.8. The number of hydrogen-bond donors (Lipinski definition) is 0. The summed E-state index contributed by atoms with van der Waals surface area (Å²) in [4.78, 5) is 0. The molecule has 104 valence electrons. The van der Waals surface area contributed by atoms with Gasteiger partial charge in [0.05, 0.1) is 0 Å². The topological polar surface area (TPSA) is 0 Å². The summed E-state index contributed by atoms with van der Waals surface area (Å²) < 4.78 is 2.69. The number of allylic oxidation sites excluding steroid dienone is 16. The molecule has 1 heteroatoms. The van der Waals surface area contributed by atoms with Crippen molar-refractivity contribution in [1.29, 1.82) is 0 Å². The van der Waals surface area contributed by atoms with Crippen LogP contribution in [-0.2, 0) is 20.3 Å². The van der Waals surface area contributed by atoms with E-state index in [1.54, 1.807) is 0 Å². The molecular formula is C20H20Zr. The quantitative estimate of drug-likeness (QED) is 0.600. The van der Waals surface area contributed by atoms with Crippen LogP contribution in [0.15, 0.2) is 97.2 Å². The van der Waals surface area contributed by atoms with E-state index in [0.717, 1.165) is 0 Å². The fourth-order valence-electron chi connectivity index (χ4n) is 4.39. The van der Waals surface area contributed by atoms with Crippen molar-refractivity contribution in [3.05, 3.63) is 97.2 Å². The molecule has 0 saturated carbocycles. The first kappa shape index (κ1) is 13.5. The molecule has 21 heavy (non-hydrogen) atoms. The molecule has 4 aliphatic carbocycles. The summed E-state index contributed by atoms with van der Waals surface area (Å²) in [5, 5.41) is 0. The average Bonchev–Trinajstić information content (AvgIpc) is 3.32. The van der Waals surface area contributed by atoms with Crippen LogP contribution in [0.4, 0.5) is 0 Å². The zero-order valence-corrected chi connectivity index (χ0v) is 14.5. The molecule has 0 unspecified atom stereocenters. The fraction of sp³-hybridized carbons (Fsp3) is 0.200. The molecule has 0 aliphatic heterocycles. The van der Waals surface area contributed by atoms with E-state index in [1.165, 1.54) is 0 Å². The van der Waals surface area contributed by atoms with Crippen molar-refractivity contribution < 1.29 is 20.3 Å². The maximum absolute atomic E-state index is 2.72. The minimum absolute atomic E-state index is 0.673. The molecule has 0 nitrogen and oxygen atoms in total. The van der Waals surface area contributed by atoms with Crippen LogP contribution in [-0.4, -0.2) is 0 Å². The van der Waals surface area contributed by atoms with Gasteiger partial charge in [-0.2, -0.15) is 0 Å². The Labute approximate surface area is 131 Å². The summed E-state index contributed by atoms with van der Waals surface area (Å²) in [6, 6.07) is 0. The molecule has 0 heterocycles. The third-order valence-electron chi connectivity index (χ3n) is 5.30. The Hall–Kier alpha value is -1.20. The van der Waals surface area contributed by atoms with Crippen LogP contribution in [0.1, 0.15) is 0 Å². The normalized spacial score (nSPS) is 24.8. The van der Waals surface area contributed by atoms with Crippen LogP contribution in [0.2, 0.25) is 14.5 Å². The van der Waals surface area contributed by atoms with Crippen LogP contribution >= 0.6 is 0 Å². The van der Waals surface area contributed by atoms with Crippen molar-refractivity contribution in [2.24, 2.45) is 0 Å². The van der Waals surface area contributed by atoms with Gasteiger partial charge in [-0.3, -0.25) is 0 Å². The standard InChI is InChI=1S/4C5H5.Zr/c4*1-2-4-5-3-1;/h4*1-5H;. The second kappa shape index (κ2) is 5.54. The van der Waals surface area contributed by atoms with E-state index >= 15 is 0 Å². The zero-order chi connectivity index (χ0) is 14.1. The Kier molecular flexibility index (Phi) is 3.55. The first-order valence-corrected chi connectivity index (χ1v) is 13.5. The van der Waals surface area contributed by atoms with E-state index in [0.29, 0.717) is 14.5 Å². The molecule has 4 aliphatic rings. The van der Waals surface area contributed by atoms with Crippen molar-refractivity contribution in [3.63, 3.8) is 0 Å². The van der Waals surface area contributed by atoms with Crippen molar-refractivity contribution in [2.75, 3.05) is 0 Å². The Balaban J connectivity index is 1.88. The molecule has 0 spiro atoms. The van der Waals surface area contributed by atoms with E-state index in [2.05, 4.69) is 97.2 Å². The van der Waals surface area contributed by atoms with Gasteiger partial charge >= 0.3 is 132 Å². The molecule has 0 aromatic heterocycles. The first-order chi connectivity index (χ1) is 10.4. The van der Waals surface area contributed by atoms with Crippen molar-refractivity contribution in [2.45, 2.75) is 14.5 Å². The second-order valence-electron chi connectivity index (χ2n) is 6.18. The zero-order valence-electron chi connectivity index (χ0n) is 12.0. The van der Waals surface area contributed by atoms with Gasteiger partial charge in [-0.25, -0.2) is 0 Å². The molecule has 0 atom stereocenters. The number of rotatable bonds is 4. The Morgan fingerprint density at radius 1 is 0.333 bits per heavy atom. The summed E-state index contributed by atoms with van der Waals surface area (Å²) in [5.41, 5.74) is 0. The van der Waals surface area contributed by atoms with E-state index < -0.39 is 20.3 Å². The van der Waals surface area contributed by atoms with Crippen molar-refractivity contribution in [1.82, 2.24) is 0 Å². The molecule has 0 radical (unpaired) electrons. The summed E-state index contributed by atoms with van der Waals surface area (Å²) in [5.74, 6) is 0. The molecule has 0 fully saturated rings. The van der Waals surface area contributed by atoms with E-state index in [1.807, 2.05) is 0 Å². The van der Waals surface area contributed by atoms with Gasteiger partial charge in [0.2, 0.25) is 0 Å². The van der Waals surface area contributed by atoms with Gasteiger partial charge in [0.1, 0.15) is 0 Å². The molecular weight excluding hydrogens is 331 g/mol. The van der Waals surface area contributed by atoms with Gasteiger partial charge in [-0.1, -0.05) is 0 Å². The molecule has 4 rings (SSSR count). The van der Waals surface area contributed by atoms with Gasteiger partial charge in [0, 0.05) is 0 Å². The van der Waals surface area contributed by atoms with E-state index in [-0.39, 0.29) is 0 Å². The Bertz CT molecular complexity index is 486. The SMILES string of the molecule is C1=C[CH]([Zr]([CH]2C=CC=C2)([CH]2C=CC=C2)[CH]2C=CC=C2)C=C1. The Morgan fingerprint density at radius 3 is 0.714 bits per heavy atom. The van der Waals surface area contributed by atoms with Crippen LogP contribution in [0.3, 0.4) is 0 Å². The third-order valence-corrected chi connectivity index (χ3v) is 20.4.